The van der Waals surface area contributed by atoms with Crippen LogP contribution in [0.5, 0.6) is 0 Å². The highest BCUT2D eigenvalue weighted by atomic mass is 32.2. The summed E-state index contributed by atoms with van der Waals surface area (Å²) in [7, 11) is 0. The molecule has 2 heteroatoms. The molecule has 1 aliphatic heterocycles. The average molecular weight is 162 g/mol. The molecule has 0 aromatic heterocycles. The second-order valence-corrected chi connectivity index (χ2v) is 6.56. The molecule has 0 N–H and O–H groups in total. The lowest BCUT2D eigenvalue weighted by Crippen LogP contribution is -2.17. The van der Waals surface area contributed by atoms with Gasteiger partial charge in [0.15, 0.2) is 0 Å². The Morgan fingerprint density at radius 2 is 1.44 bits per heavy atom. The van der Waals surface area contributed by atoms with Crippen molar-refractivity contribution in [3.63, 3.8) is 0 Å². The van der Waals surface area contributed by atoms with Crippen LogP contribution in [-0.4, -0.2) is 15.1 Å². The molecule has 0 aromatic carbocycles. The summed E-state index contributed by atoms with van der Waals surface area (Å²) in [6.45, 7) is 6.97. The van der Waals surface area contributed by atoms with Crippen molar-refractivity contribution in [3.8, 4) is 0 Å². The molecule has 0 aromatic rings. The zero-order chi connectivity index (χ0) is 6.85. The molecule has 1 rings (SSSR count). The largest absolute Gasteiger partial charge is 0.145 e. The molecule has 0 aliphatic carbocycles. The average Bonchev–Trinajstić information content (AvgIpc) is 1.59. The van der Waals surface area contributed by atoms with Crippen molar-refractivity contribution in [3.05, 3.63) is 0 Å². The molecule has 2 atom stereocenters. The summed E-state index contributed by atoms with van der Waals surface area (Å²) >= 11 is 4.22. The van der Waals surface area contributed by atoms with Gasteiger partial charge in [0.05, 0.1) is 0 Å². The van der Waals surface area contributed by atoms with Gasteiger partial charge in [-0.1, -0.05) is 13.8 Å². The molecular formula is C7H14S2. The first-order valence-corrected chi connectivity index (χ1v) is 5.38. The van der Waals surface area contributed by atoms with Crippen molar-refractivity contribution in [2.24, 2.45) is 0 Å². The van der Waals surface area contributed by atoms with Crippen LogP contribution in [0, 0.1) is 0 Å². The van der Waals surface area contributed by atoms with Gasteiger partial charge in [-0.15, -0.1) is 23.5 Å². The number of hydrogen-bond donors (Lipinski definition) is 0. The Labute approximate surface area is 66.2 Å². The Balaban J connectivity index is 2.34. The lowest BCUT2D eigenvalue weighted by Gasteiger charge is -2.27. The highest BCUT2D eigenvalue weighted by Crippen LogP contribution is 2.39. The molecule has 0 saturated carbocycles. The molecule has 2 unspecified atom stereocenters. The minimum atomic E-state index is 0.823. The first-order valence-electron chi connectivity index (χ1n) is 3.49. The molecule has 0 bridgehead atoms. The Hall–Kier alpha value is 0.700. The van der Waals surface area contributed by atoms with Gasteiger partial charge in [-0.3, -0.25) is 0 Å². The van der Waals surface area contributed by atoms with Crippen molar-refractivity contribution < 1.29 is 0 Å². The van der Waals surface area contributed by atoms with Crippen molar-refractivity contribution >= 4 is 23.5 Å². The van der Waals surface area contributed by atoms with Crippen LogP contribution in [0.25, 0.3) is 0 Å². The Morgan fingerprint density at radius 3 is 1.78 bits per heavy atom. The molecule has 54 valence electrons. The SMILES string of the molecule is CC1CC(C)SC(C)S1. The molecule has 1 saturated heterocycles. The van der Waals surface area contributed by atoms with Gasteiger partial charge in [-0.25, -0.2) is 0 Å². The van der Waals surface area contributed by atoms with Gasteiger partial charge >= 0.3 is 0 Å². The van der Waals surface area contributed by atoms with E-state index in [0.717, 1.165) is 15.1 Å². The Kier molecular flexibility index (Phi) is 2.77. The zero-order valence-electron chi connectivity index (χ0n) is 6.26. The van der Waals surface area contributed by atoms with Crippen LogP contribution in [0.3, 0.4) is 0 Å². The molecule has 0 spiro atoms. The normalized spacial score (nSPS) is 45.0. The summed E-state index contributed by atoms with van der Waals surface area (Å²) in [6.07, 6.45) is 1.39. The lowest BCUT2D eigenvalue weighted by molar-refractivity contribution is 0.792. The number of thioether (sulfide) groups is 2. The number of rotatable bonds is 0. The summed E-state index contributed by atoms with van der Waals surface area (Å²) in [4.78, 5) is 0. The third-order valence-electron chi connectivity index (χ3n) is 1.51. The summed E-state index contributed by atoms with van der Waals surface area (Å²) in [5, 5.41) is 1.77. The van der Waals surface area contributed by atoms with Gasteiger partial charge in [0.2, 0.25) is 0 Å². The topological polar surface area (TPSA) is 0 Å². The minimum Gasteiger partial charge on any atom is -0.145 e. The van der Waals surface area contributed by atoms with Crippen LogP contribution in [0.1, 0.15) is 27.2 Å². The van der Waals surface area contributed by atoms with E-state index in [1.165, 1.54) is 6.42 Å². The molecule has 0 amide bonds. The van der Waals surface area contributed by atoms with Crippen LogP contribution < -0.4 is 0 Å². The fourth-order valence-electron chi connectivity index (χ4n) is 1.26. The Bertz CT molecular complexity index is 67.9. The van der Waals surface area contributed by atoms with Crippen molar-refractivity contribution in [2.45, 2.75) is 42.3 Å². The second-order valence-electron chi connectivity index (χ2n) is 2.70. The van der Waals surface area contributed by atoms with E-state index >= 15 is 0 Å². The van der Waals surface area contributed by atoms with Crippen molar-refractivity contribution in [1.82, 2.24) is 0 Å². The van der Waals surface area contributed by atoms with Crippen molar-refractivity contribution in [2.75, 3.05) is 0 Å². The Morgan fingerprint density at radius 1 is 1.00 bits per heavy atom. The molecule has 1 fully saturated rings. The van der Waals surface area contributed by atoms with Crippen LogP contribution in [0.15, 0.2) is 0 Å². The van der Waals surface area contributed by atoms with Crippen molar-refractivity contribution in [1.29, 1.82) is 0 Å². The molecular weight excluding hydrogens is 148 g/mol. The van der Waals surface area contributed by atoms with Gasteiger partial charge in [-0.05, 0) is 13.3 Å². The predicted octanol–water partition coefficient (Wildman–Crippen LogP) is 2.98. The van der Waals surface area contributed by atoms with E-state index < -0.39 is 0 Å². The minimum absolute atomic E-state index is 0.823. The van der Waals surface area contributed by atoms with Crippen LogP contribution >= 0.6 is 23.5 Å². The third kappa shape index (κ3) is 2.42. The first kappa shape index (κ1) is 7.80. The maximum absolute atomic E-state index is 2.33. The van der Waals surface area contributed by atoms with Gasteiger partial charge in [0, 0.05) is 15.1 Å². The second kappa shape index (κ2) is 3.20. The highest BCUT2D eigenvalue weighted by molar-refractivity contribution is 8.18. The van der Waals surface area contributed by atoms with Gasteiger partial charge in [0.1, 0.15) is 0 Å². The van der Waals surface area contributed by atoms with Gasteiger partial charge < -0.3 is 0 Å². The van der Waals surface area contributed by atoms with Gasteiger partial charge in [-0.2, -0.15) is 0 Å². The van der Waals surface area contributed by atoms with E-state index in [-0.39, 0.29) is 0 Å². The smallest absolute Gasteiger partial charge is 0.0479 e. The molecule has 1 aliphatic rings. The van der Waals surface area contributed by atoms with E-state index in [9.17, 15) is 0 Å². The summed E-state index contributed by atoms with van der Waals surface area (Å²) < 4.78 is 0.823. The predicted molar refractivity (Wildman–Crippen MR) is 48.2 cm³/mol. The lowest BCUT2D eigenvalue weighted by atomic mass is 10.3. The standard InChI is InChI=1S/C7H14S2/c1-5-4-6(2)9-7(3)8-5/h5-7H,4H2,1-3H3. The van der Waals surface area contributed by atoms with Crippen LogP contribution in [0.2, 0.25) is 0 Å². The van der Waals surface area contributed by atoms with E-state index in [0.29, 0.717) is 0 Å². The fourth-order valence-corrected chi connectivity index (χ4v) is 4.89. The molecule has 0 radical (unpaired) electrons. The fraction of sp³-hybridized carbons (Fsp3) is 1.00. The van der Waals surface area contributed by atoms with Gasteiger partial charge in [0.25, 0.3) is 0 Å². The molecule has 9 heavy (non-hydrogen) atoms. The summed E-state index contributed by atoms with van der Waals surface area (Å²) in [5.74, 6) is 0. The van der Waals surface area contributed by atoms with E-state index in [1.54, 1.807) is 0 Å². The highest BCUT2D eigenvalue weighted by Gasteiger charge is 2.20. The first-order chi connectivity index (χ1) is 4.18. The van der Waals surface area contributed by atoms with Crippen LogP contribution in [0.4, 0.5) is 0 Å². The van der Waals surface area contributed by atoms with E-state index in [2.05, 4.69) is 44.3 Å². The number of hydrogen-bond acceptors (Lipinski definition) is 2. The maximum Gasteiger partial charge on any atom is 0.0479 e. The zero-order valence-corrected chi connectivity index (χ0v) is 7.89. The molecule has 0 nitrogen and oxygen atoms in total. The van der Waals surface area contributed by atoms with Crippen LogP contribution in [-0.2, 0) is 0 Å². The maximum atomic E-state index is 2.33. The molecule has 1 heterocycles. The summed E-state index contributed by atoms with van der Waals surface area (Å²) in [5.41, 5.74) is 0. The monoisotopic (exact) mass is 162 g/mol. The summed E-state index contributed by atoms with van der Waals surface area (Å²) in [6, 6.07) is 0. The quantitative estimate of drug-likeness (QED) is 0.537. The third-order valence-corrected chi connectivity index (χ3v) is 4.26. The van der Waals surface area contributed by atoms with E-state index in [1.807, 2.05) is 0 Å². The van der Waals surface area contributed by atoms with E-state index in [4.69, 9.17) is 0 Å².